The molecule has 0 saturated carbocycles. The van der Waals surface area contributed by atoms with Crippen molar-refractivity contribution in [3.63, 3.8) is 0 Å². The molecule has 0 atom stereocenters. The summed E-state index contributed by atoms with van der Waals surface area (Å²) in [4.78, 5) is 12.7. The fraction of sp³-hybridized carbons (Fsp3) is 0.250. The van der Waals surface area contributed by atoms with E-state index in [4.69, 9.17) is 5.73 Å². The number of nitrogens with two attached hydrogens (primary N) is 1. The number of alkyl halides is 2. The maximum absolute atomic E-state index is 14.5. The van der Waals surface area contributed by atoms with E-state index in [0.29, 0.717) is 11.3 Å². The van der Waals surface area contributed by atoms with Gasteiger partial charge in [-0.05, 0) is 54.0 Å². The van der Waals surface area contributed by atoms with Gasteiger partial charge in [-0.15, -0.1) is 0 Å². The van der Waals surface area contributed by atoms with Crippen molar-refractivity contribution < 1.29 is 23.0 Å². The first-order valence-corrected chi connectivity index (χ1v) is 9.83. The molecule has 3 rings (SSSR count). The first kappa shape index (κ1) is 22.8. The summed E-state index contributed by atoms with van der Waals surface area (Å²) in [5.41, 5.74) is 5.96. The van der Waals surface area contributed by atoms with Crippen molar-refractivity contribution in [2.24, 2.45) is 0 Å². The molecule has 0 aliphatic carbocycles. The maximum atomic E-state index is 14.5. The van der Waals surface area contributed by atoms with Gasteiger partial charge in [0.15, 0.2) is 5.82 Å². The largest absolute Gasteiger partial charge is 0.434 e. The fourth-order valence-corrected chi connectivity index (χ4v) is 3.04. The highest BCUT2D eigenvalue weighted by Gasteiger charge is 2.20. The number of nitrogens with one attached hydrogen (secondary N) is 1. The van der Waals surface area contributed by atoms with Crippen LogP contribution in [0.4, 0.5) is 24.7 Å². The monoisotopic (exact) mass is 497 g/mol. The van der Waals surface area contributed by atoms with Crippen LogP contribution in [0.1, 0.15) is 25.2 Å². The first-order chi connectivity index (χ1) is 14.6. The van der Waals surface area contributed by atoms with E-state index in [9.17, 15) is 18.3 Å². The van der Waals surface area contributed by atoms with Gasteiger partial charge >= 0.3 is 6.61 Å². The molecule has 0 aliphatic heterocycles. The average Bonchev–Trinajstić information content (AvgIpc) is 2.71. The number of aliphatic hydroxyl groups is 1. The quantitative estimate of drug-likeness (QED) is 0.442. The second-order valence-corrected chi connectivity index (χ2v) is 7.91. The molecular formula is C20H19BrF3N5O2. The topological polar surface area (TPSA) is 106 Å². The number of rotatable bonds is 7. The van der Waals surface area contributed by atoms with Crippen molar-refractivity contribution in [1.29, 1.82) is 0 Å². The van der Waals surface area contributed by atoms with Crippen LogP contribution in [0, 0.1) is 5.82 Å². The molecule has 0 saturated heterocycles. The molecule has 164 valence electrons. The molecule has 3 aromatic rings. The molecular weight excluding hydrogens is 479 g/mol. The SMILES string of the molecule is CC(C)(O)c1ncc(-c2ccc(N)c(NCc3c(OC(F)F)ccc(Br)c3F)n2)cn1. The third-order valence-electron chi connectivity index (χ3n) is 4.22. The molecule has 31 heavy (non-hydrogen) atoms. The maximum Gasteiger partial charge on any atom is 0.387 e. The summed E-state index contributed by atoms with van der Waals surface area (Å²) in [5, 5.41) is 12.8. The number of nitrogen functional groups attached to an aromatic ring is 1. The van der Waals surface area contributed by atoms with Crippen LogP contribution in [0.3, 0.4) is 0 Å². The van der Waals surface area contributed by atoms with Crippen LogP contribution >= 0.6 is 15.9 Å². The van der Waals surface area contributed by atoms with E-state index < -0.39 is 18.0 Å². The molecule has 0 spiro atoms. The Labute approximate surface area is 184 Å². The van der Waals surface area contributed by atoms with Crippen molar-refractivity contribution in [2.75, 3.05) is 11.1 Å². The van der Waals surface area contributed by atoms with Gasteiger partial charge in [-0.2, -0.15) is 8.78 Å². The lowest BCUT2D eigenvalue weighted by Gasteiger charge is -2.16. The Balaban J connectivity index is 1.86. The number of halogens is 4. The zero-order chi connectivity index (χ0) is 22.8. The highest BCUT2D eigenvalue weighted by atomic mass is 79.9. The molecule has 4 N–H and O–H groups in total. The minimum absolute atomic E-state index is 0.102. The van der Waals surface area contributed by atoms with Crippen LogP contribution in [0.15, 0.2) is 41.1 Å². The summed E-state index contributed by atoms with van der Waals surface area (Å²) in [7, 11) is 0. The van der Waals surface area contributed by atoms with E-state index in [0.717, 1.165) is 0 Å². The Kier molecular flexibility index (Phi) is 6.65. The number of aromatic nitrogens is 3. The Morgan fingerprint density at radius 1 is 1.19 bits per heavy atom. The van der Waals surface area contributed by atoms with Gasteiger partial charge < -0.3 is 20.9 Å². The molecule has 2 aromatic heterocycles. The Hall–Kier alpha value is -2.92. The number of benzene rings is 1. The molecule has 7 nitrogen and oxygen atoms in total. The molecule has 0 aliphatic rings. The molecule has 0 unspecified atom stereocenters. The van der Waals surface area contributed by atoms with Crippen molar-refractivity contribution in [3.8, 4) is 17.0 Å². The van der Waals surface area contributed by atoms with Crippen molar-refractivity contribution in [3.05, 3.63) is 58.3 Å². The smallest absolute Gasteiger partial charge is 0.387 e. The number of pyridine rings is 1. The van der Waals surface area contributed by atoms with Gasteiger partial charge in [0.25, 0.3) is 0 Å². The van der Waals surface area contributed by atoms with Crippen molar-refractivity contribution in [1.82, 2.24) is 15.0 Å². The Bertz CT molecular complexity index is 1080. The molecule has 11 heteroatoms. The average molecular weight is 498 g/mol. The minimum Gasteiger partial charge on any atom is -0.434 e. The predicted molar refractivity (Wildman–Crippen MR) is 113 cm³/mol. The number of hydrogen-bond acceptors (Lipinski definition) is 7. The fourth-order valence-electron chi connectivity index (χ4n) is 2.67. The van der Waals surface area contributed by atoms with Gasteiger partial charge in [-0.25, -0.2) is 19.3 Å². The summed E-state index contributed by atoms with van der Waals surface area (Å²) < 4.78 is 44.3. The van der Waals surface area contributed by atoms with Gasteiger partial charge in [0.1, 0.15) is 23.0 Å². The van der Waals surface area contributed by atoms with Crippen LogP contribution in [0.25, 0.3) is 11.3 Å². The van der Waals surface area contributed by atoms with Crippen LogP contribution in [-0.4, -0.2) is 26.7 Å². The highest BCUT2D eigenvalue weighted by Crippen LogP contribution is 2.31. The Morgan fingerprint density at radius 2 is 1.87 bits per heavy atom. The second kappa shape index (κ2) is 9.06. The molecule has 2 heterocycles. The molecule has 0 fully saturated rings. The minimum atomic E-state index is -3.10. The third kappa shape index (κ3) is 5.42. The summed E-state index contributed by atoms with van der Waals surface area (Å²) in [6.45, 7) is -0.170. The normalized spacial score (nSPS) is 11.6. The summed E-state index contributed by atoms with van der Waals surface area (Å²) in [6, 6.07) is 5.75. The molecule has 0 amide bonds. The predicted octanol–water partition coefficient (Wildman–Crippen LogP) is 4.46. The lowest BCUT2D eigenvalue weighted by atomic mass is 10.1. The Morgan fingerprint density at radius 3 is 2.48 bits per heavy atom. The van der Waals surface area contributed by atoms with E-state index in [-0.39, 0.29) is 39.7 Å². The lowest BCUT2D eigenvalue weighted by molar-refractivity contribution is -0.0506. The third-order valence-corrected chi connectivity index (χ3v) is 4.84. The number of hydrogen-bond donors (Lipinski definition) is 3. The van der Waals surface area contributed by atoms with Gasteiger partial charge in [-0.1, -0.05) is 0 Å². The van der Waals surface area contributed by atoms with E-state index in [1.54, 1.807) is 26.0 Å². The highest BCUT2D eigenvalue weighted by molar-refractivity contribution is 9.10. The number of nitrogens with zero attached hydrogens (tertiary/aromatic N) is 3. The first-order valence-electron chi connectivity index (χ1n) is 9.03. The number of anilines is 2. The summed E-state index contributed by atoms with van der Waals surface area (Å²) in [6.07, 6.45) is 3.01. The van der Waals surface area contributed by atoms with Gasteiger partial charge in [0.2, 0.25) is 0 Å². The second-order valence-electron chi connectivity index (χ2n) is 7.06. The van der Waals surface area contributed by atoms with Crippen LogP contribution in [0.2, 0.25) is 0 Å². The van der Waals surface area contributed by atoms with E-state index in [1.165, 1.54) is 24.5 Å². The zero-order valence-corrected chi connectivity index (χ0v) is 18.1. The van der Waals surface area contributed by atoms with Crippen molar-refractivity contribution in [2.45, 2.75) is 32.6 Å². The van der Waals surface area contributed by atoms with Crippen molar-refractivity contribution >= 4 is 27.4 Å². The van der Waals surface area contributed by atoms with E-state index in [2.05, 4.69) is 40.9 Å². The molecule has 0 bridgehead atoms. The van der Waals surface area contributed by atoms with Crippen LogP contribution in [0.5, 0.6) is 5.75 Å². The molecule has 1 aromatic carbocycles. The number of ether oxygens (including phenoxy) is 1. The summed E-state index contributed by atoms with van der Waals surface area (Å²) >= 11 is 3.03. The lowest BCUT2D eigenvalue weighted by Crippen LogP contribution is -2.19. The standard InChI is InChI=1S/C20H19BrF3N5O2/c1-20(2,30)18-27-7-10(8-28-18)14-5-4-13(25)17(29-14)26-9-11-15(31-19(23)24)6-3-12(21)16(11)22/h3-8,19,30H,9,25H2,1-2H3,(H,26,29). The van der Waals surface area contributed by atoms with E-state index in [1.807, 2.05) is 0 Å². The van der Waals surface area contributed by atoms with Crippen LogP contribution in [-0.2, 0) is 12.1 Å². The van der Waals surface area contributed by atoms with Gasteiger partial charge in [0, 0.05) is 24.5 Å². The van der Waals surface area contributed by atoms with E-state index >= 15 is 0 Å². The zero-order valence-electron chi connectivity index (χ0n) is 16.5. The molecule has 0 radical (unpaired) electrons. The van der Waals surface area contributed by atoms with Gasteiger partial charge in [0.05, 0.1) is 21.4 Å². The summed E-state index contributed by atoms with van der Waals surface area (Å²) in [5.74, 6) is -0.572. The van der Waals surface area contributed by atoms with Gasteiger partial charge in [-0.3, -0.25) is 0 Å². The van der Waals surface area contributed by atoms with Crippen LogP contribution < -0.4 is 15.8 Å².